The molecule has 0 N–H and O–H groups in total. The number of nitrogens with zero attached hydrogens (tertiary/aromatic N) is 1. The van der Waals surface area contributed by atoms with Gasteiger partial charge in [-0.15, -0.1) is 0 Å². The normalized spacial score (nSPS) is 11.6. The summed E-state index contributed by atoms with van der Waals surface area (Å²) in [5.74, 6) is 1.39. The quantitative estimate of drug-likeness (QED) is 0.459. The maximum Gasteiger partial charge on any atom is 0.254 e. The lowest BCUT2D eigenvalue weighted by molar-refractivity contribution is 0.0671. The van der Waals surface area contributed by atoms with E-state index in [1.54, 1.807) is 7.11 Å². The fourth-order valence-electron chi connectivity index (χ4n) is 3.26. The minimum Gasteiger partial charge on any atom is -0.493 e. The second kappa shape index (κ2) is 10.5. The molecule has 156 valence electrons. The molecule has 0 radical (unpaired) electrons. The lowest BCUT2D eigenvalue weighted by Crippen LogP contribution is -2.37. The standard InChI is InChI=1S/C26H29NO3/c1-4-20(2)27(26(28)23-13-9-6-10-14-23)18-22-15-16-24(25(17-22)29-3)30-19-21-11-7-5-8-12-21/h5-17,20H,4,18-19H2,1-3H3. The van der Waals surface area contributed by atoms with Gasteiger partial charge in [0.2, 0.25) is 0 Å². The van der Waals surface area contributed by atoms with Crippen molar-refractivity contribution in [3.8, 4) is 11.5 Å². The molecule has 3 aromatic carbocycles. The van der Waals surface area contributed by atoms with Gasteiger partial charge in [0.25, 0.3) is 5.91 Å². The number of methoxy groups -OCH3 is 1. The van der Waals surface area contributed by atoms with Gasteiger partial charge in [0.15, 0.2) is 11.5 Å². The van der Waals surface area contributed by atoms with E-state index in [0.29, 0.717) is 30.2 Å². The summed E-state index contributed by atoms with van der Waals surface area (Å²) in [7, 11) is 1.63. The minimum atomic E-state index is 0.0355. The average Bonchev–Trinajstić information content (AvgIpc) is 2.81. The summed E-state index contributed by atoms with van der Waals surface area (Å²) in [4.78, 5) is 15.0. The maximum atomic E-state index is 13.1. The molecular formula is C26H29NO3. The lowest BCUT2D eigenvalue weighted by atomic mass is 10.1. The molecule has 1 atom stereocenters. The Labute approximate surface area is 179 Å². The smallest absolute Gasteiger partial charge is 0.254 e. The summed E-state index contributed by atoms with van der Waals surface area (Å²) in [5, 5.41) is 0. The van der Waals surface area contributed by atoms with Crippen molar-refractivity contribution in [2.45, 2.75) is 39.5 Å². The van der Waals surface area contributed by atoms with Crippen LogP contribution in [0.4, 0.5) is 0 Å². The highest BCUT2D eigenvalue weighted by Crippen LogP contribution is 2.30. The summed E-state index contributed by atoms with van der Waals surface area (Å²) in [6.45, 7) is 5.16. The van der Waals surface area contributed by atoms with E-state index in [9.17, 15) is 4.79 Å². The number of hydrogen-bond acceptors (Lipinski definition) is 3. The number of carbonyl (C=O) groups excluding carboxylic acids is 1. The van der Waals surface area contributed by atoms with Crippen molar-refractivity contribution in [1.29, 1.82) is 0 Å². The molecule has 0 saturated carbocycles. The predicted molar refractivity (Wildman–Crippen MR) is 120 cm³/mol. The molecule has 0 aliphatic rings. The van der Waals surface area contributed by atoms with E-state index in [0.717, 1.165) is 17.5 Å². The molecule has 4 heteroatoms. The second-order valence-electron chi connectivity index (χ2n) is 7.32. The molecule has 0 heterocycles. The Kier molecular flexibility index (Phi) is 7.50. The number of benzene rings is 3. The van der Waals surface area contributed by atoms with Crippen LogP contribution >= 0.6 is 0 Å². The van der Waals surface area contributed by atoms with Gasteiger partial charge in [-0.25, -0.2) is 0 Å². The molecule has 0 aliphatic heterocycles. The lowest BCUT2D eigenvalue weighted by Gasteiger charge is -2.29. The summed E-state index contributed by atoms with van der Waals surface area (Å²) >= 11 is 0. The van der Waals surface area contributed by atoms with Gasteiger partial charge in [-0.3, -0.25) is 4.79 Å². The number of ether oxygens (including phenoxy) is 2. The van der Waals surface area contributed by atoms with Crippen LogP contribution in [0.1, 0.15) is 41.8 Å². The van der Waals surface area contributed by atoms with Gasteiger partial charge in [0.1, 0.15) is 6.61 Å². The van der Waals surface area contributed by atoms with Crippen LogP contribution in [-0.2, 0) is 13.2 Å². The third kappa shape index (κ3) is 5.41. The Balaban J connectivity index is 1.77. The van der Waals surface area contributed by atoms with Crippen molar-refractivity contribution >= 4 is 5.91 Å². The SMILES string of the molecule is CCC(C)N(Cc1ccc(OCc2ccccc2)c(OC)c1)C(=O)c1ccccc1. The molecule has 0 spiro atoms. The van der Waals surface area contributed by atoms with Crippen LogP contribution in [0.5, 0.6) is 11.5 Å². The van der Waals surface area contributed by atoms with Gasteiger partial charge in [-0.2, -0.15) is 0 Å². The van der Waals surface area contributed by atoms with Crippen molar-refractivity contribution in [2.75, 3.05) is 7.11 Å². The van der Waals surface area contributed by atoms with Crippen LogP contribution in [-0.4, -0.2) is 24.0 Å². The molecule has 0 saturated heterocycles. The zero-order valence-corrected chi connectivity index (χ0v) is 17.9. The first kappa shape index (κ1) is 21.4. The molecule has 1 unspecified atom stereocenters. The topological polar surface area (TPSA) is 38.8 Å². The van der Waals surface area contributed by atoms with Gasteiger partial charge >= 0.3 is 0 Å². The maximum absolute atomic E-state index is 13.1. The monoisotopic (exact) mass is 403 g/mol. The summed E-state index contributed by atoms with van der Waals surface area (Å²) < 4.78 is 11.5. The predicted octanol–water partition coefficient (Wildman–Crippen LogP) is 5.72. The Morgan fingerprint density at radius 2 is 1.57 bits per heavy atom. The third-order valence-electron chi connectivity index (χ3n) is 5.22. The number of amides is 1. The van der Waals surface area contributed by atoms with E-state index in [2.05, 4.69) is 13.8 Å². The largest absolute Gasteiger partial charge is 0.493 e. The number of hydrogen-bond donors (Lipinski definition) is 0. The molecule has 4 nitrogen and oxygen atoms in total. The van der Waals surface area contributed by atoms with Crippen molar-refractivity contribution in [2.24, 2.45) is 0 Å². The van der Waals surface area contributed by atoms with Crippen molar-refractivity contribution in [3.05, 3.63) is 95.6 Å². The highest BCUT2D eigenvalue weighted by molar-refractivity contribution is 5.94. The molecule has 0 aliphatic carbocycles. The van der Waals surface area contributed by atoms with Gasteiger partial charge in [0, 0.05) is 18.2 Å². The van der Waals surface area contributed by atoms with Crippen LogP contribution in [0.15, 0.2) is 78.9 Å². The molecule has 1 amide bonds. The Morgan fingerprint density at radius 1 is 0.900 bits per heavy atom. The highest BCUT2D eigenvalue weighted by atomic mass is 16.5. The van der Waals surface area contributed by atoms with Gasteiger partial charge in [-0.1, -0.05) is 61.5 Å². The molecular weight excluding hydrogens is 374 g/mol. The molecule has 30 heavy (non-hydrogen) atoms. The molecule has 0 bridgehead atoms. The average molecular weight is 404 g/mol. The van der Waals surface area contributed by atoms with Crippen LogP contribution < -0.4 is 9.47 Å². The van der Waals surface area contributed by atoms with Gasteiger partial charge in [-0.05, 0) is 48.7 Å². The van der Waals surface area contributed by atoms with E-state index in [1.165, 1.54) is 0 Å². The first-order valence-electron chi connectivity index (χ1n) is 10.3. The second-order valence-corrected chi connectivity index (χ2v) is 7.32. The molecule has 0 aromatic heterocycles. The summed E-state index contributed by atoms with van der Waals surface area (Å²) in [6.07, 6.45) is 0.883. The first-order valence-corrected chi connectivity index (χ1v) is 10.3. The van der Waals surface area contributed by atoms with Crippen LogP contribution in [0.3, 0.4) is 0 Å². The number of rotatable bonds is 9. The van der Waals surface area contributed by atoms with E-state index >= 15 is 0 Å². The van der Waals surface area contributed by atoms with E-state index in [-0.39, 0.29) is 11.9 Å². The van der Waals surface area contributed by atoms with E-state index in [1.807, 2.05) is 83.8 Å². The van der Waals surface area contributed by atoms with Crippen LogP contribution in [0.25, 0.3) is 0 Å². The van der Waals surface area contributed by atoms with Crippen molar-refractivity contribution in [3.63, 3.8) is 0 Å². The molecule has 3 rings (SSSR count). The summed E-state index contributed by atoms with van der Waals surface area (Å²) in [5.41, 5.74) is 2.80. The first-order chi connectivity index (χ1) is 14.6. The minimum absolute atomic E-state index is 0.0355. The van der Waals surface area contributed by atoms with Crippen molar-refractivity contribution in [1.82, 2.24) is 4.90 Å². The van der Waals surface area contributed by atoms with Crippen LogP contribution in [0.2, 0.25) is 0 Å². The Bertz CT molecular complexity index is 941. The third-order valence-corrected chi connectivity index (χ3v) is 5.22. The fourth-order valence-corrected chi connectivity index (χ4v) is 3.26. The zero-order chi connectivity index (χ0) is 21.3. The summed E-state index contributed by atoms with van der Waals surface area (Å²) in [6, 6.07) is 25.4. The van der Waals surface area contributed by atoms with Gasteiger partial charge < -0.3 is 14.4 Å². The molecule has 0 fully saturated rings. The zero-order valence-electron chi connectivity index (χ0n) is 17.9. The Hall–Kier alpha value is -3.27. The van der Waals surface area contributed by atoms with Crippen LogP contribution in [0, 0.1) is 0 Å². The van der Waals surface area contributed by atoms with E-state index in [4.69, 9.17) is 9.47 Å². The van der Waals surface area contributed by atoms with Gasteiger partial charge in [0.05, 0.1) is 7.11 Å². The van der Waals surface area contributed by atoms with Crippen molar-refractivity contribution < 1.29 is 14.3 Å². The number of carbonyl (C=O) groups is 1. The van der Waals surface area contributed by atoms with E-state index < -0.39 is 0 Å². The molecule has 3 aromatic rings. The highest BCUT2D eigenvalue weighted by Gasteiger charge is 2.21. The fraction of sp³-hybridized carbons (Fsp3) is 0.269. The Morgan fingerprint density at radius 3 is 2.20 bits per heavy atom.